The predicted octanol–water partition coefficient (Wildman–Crippen LogP) is 2.05. The molecule has 2 aromatic rings. The Kier molecular flexibility index (Phi) is 4.06. The standard InChI is InChI=1S/C13H13ClN2O4S/c1-8-5-9(16(2)15-8)7-21(19,20)10-3-4-12(14)11(6-10)13(17)18/h3-6H,7H2,1-2H3,(H,17,18). The minimum atomic E-state index is -3.68. The van der Waals surface area contributed by atoms with E-state index in [-0.39, 0.29) is 21.2 Å². The number of aromatic nitrogens is 2. The van der Waals surface area contributed by atoms with Gasteiger partial charge in [0.25, 0.3) is 0 Å². The van der Waals surface area contributed by atoms with Gasteiger partial charge in [-0.3, -0.25) is 4.68 Å². The SMILES string of the molecule is Cc1cc(CS(=O)(=O)c2ccc(Cl)c(C(=O)O)c2)n(C)n1. The Morgan fingerprint density at radius 3 is 2.57 bits per heavy atom. The number of aryl methyl sites for hydroxylation is 2. The molecule has 0 saturated heterocycles. The zero-order valence-corrected chi connectivity index (χ0v) is 12.9. The first-order valence-electron chi connectivity index (χ1n) is 5.96. The van der Waals surface area contributed by atoms with Gasteiger partial charge in [0.1, 0.15) is 0 Å². The molecule has 1 N–H and O–H groups in total. The summed E-state index contributed by atoms with van der Waals surface area (Å²) in [5.74, 6) is -1.53. The molecule has 0 aliphatic heterocycles. The fourth-order valence-corrected chi connectivity index (χ4v) is 3.54. The minimum Gasteiger partial charge on any atom is -0.478 e. The van der Waals surface area contributed by atoms with Gasteiger partial charge in [0.05, 0.1) is 32.6 Å². The van der Waals surface area contributed by atoms with E-state index in [9.17, 15) is 13.2 Å². The molecule has 0 spiro atoms. The van der Waals surface area contributed by atoms with Crippen LogP contribution in [0.4, 0.5) is 0 Å². The summed E-state index contributed by atoms with van der Waals surface area (Å²) in [4.78, 5) is 10.9. The first-order chi connectivity index (χ1) is 9.70. The monoisotopic (exact) mass is 328 g/mol. The van der Waals surface area contributed by atoms with Crippen molar-refractivity contribution in [3.05, 3.63) is 46.2 Å². The number of aromatic carboxylic acids is 1. The Hall–Kier alpha value is -1.86. The van der Waals surface area contributed by atoms with Crippen molar-refractivity contribution >= 4 is 27.4 Å². The van der Waals surface area contributed by atoms with Crippen molar-refractivity contribution in [3.63, 3.8) is 0 Å². The Labute approximate surface area is 126 Å². The van der Waals surface area contributed by atoms with Gasteiger partial charge >= 0.3 is 5.97 Å². The quantitative estimate of drug-likeness (QED) is 0.927. The Bertz CT molecular complexity index is 812. The normalized spacial score (nSPS) is 11.6. The van der Waals surface area contributed by atoms with Crippen LogP contribution in [0.25, 0.3) is 0 Å². The Morgan fingerprint density at radius 1 is 1.38 bits per heavy atom. The molecule has 0 radical (unpaired) electrons. The highest BCUT2D eigenvalue weighted by atomic mass is 35.5. The second-order valence-corrected chi connectivity index (χ2v) is 7.00. The van der Waals surface area contributed by atoms with E-state index in [0.29, 0.717) is 11.4 Å². The van der Waals surface area contributed by atoms with Crippen molar-refractivity contribution < 1.29 is 18.3 Å². The van der Waals surface area contributed by atoms with E-state index in [1.807, 2.05) is 0 Å². The van der Waals surface area contributed by atoms with Crippen LogP contribution in [0, 0.1) is 6.92 Å². The maximum absolute atomic E-state index is 12.4. The van der Waals surface area contributed by atoms with Gasteiger partial charge in [0, 0.05) is 7.05 Å². The van der Waals surface area contributed by atoms with Crippen molar-refractivity contribution in [1.29, 1.82) is 0 Å². The number of nitrogens with zero attached hydrogens (tertiary/aromatic N) is 2. The van der Waals surface area contributed by atoms with E-state index in [4.69, 9.17) is 16.7 Å². The van der Waals surface area contributed by atoms with Crippen LogP contribution in [0.1, 0.15) is 21.7 Å². The molecule has 21 heavy (non-hydrogen) atoms. The van der Waals surface area contributed by atoms with E-state index < -0.39 is 15.8 Å². The molecule has 0 atom stereocenters. The summed E-state index contributed by atoms with van der Waals surface area (Å²) >= 11 is 5.74. The molecule has 112 valence electrons. The number of carbonyl (C=O) groups is 1. The molecule has 2 rings (SSSR count). The fourth-order valence-electron chi connectivity index (χ4n) is 1.94. The molecule has 1 aromatic heterocycles. The van der Waals surface area contributed by atoms with Crippen LogP contribution < -0.4 is 0 Å². The molecular formula is C13H13ClN2O4S. The van der Waals surface area contributed by atoms with E-state index >= 15 is 0 Å². The molecule has 6 nitrogen and oxygen atoms in total. The van der Waals surface area contributed by atoms with Gasteiger partial charge in [-0.15, -0.1) is 0 Å². The van der Waals surface area contributed by atoms with Crippen LogP contribution in [0.5, 0.6) is 0 Å². The number of sulfone groups is 1. The largest absolute Gasteiger partial charge is 0.478 e. The molecule has 0 fully saturated rings. The van der Waals surface area contributed by atoms with Gasteiger partial charge < -0.3 is 5.11 Å². The Morgan fingerprint density at radius 2 is 2.05 bits per heavy atom. The number of carboxylic acids is 1. The van der Waals surface area contributed by atoms with Gasteiger partial charge in [-0.25, -0.2) is 13.2 Å². The summed E-state index contributed by atoms with van der Waals surface area (Å²) in [6, 6.07) is 5.31. The first kappa shape index (κ1) is 15.5. The molecular weight excluding hydrogens is 316 g/mol. The van der Waals surface area contributed by atoms with Crippen LogP contribution in [-0.2, 0) is 22.6 Å². The van der Waals surface area contributed by atoms with E-state index in [1.54, 1.807) is 20.0 Å². The number of carboxylic acid groups (broad SMARTS) is 1. The second-order valence-electron chi connectivity index (χ2n) is 4.61. The zero-order chi connectivity index (χ0) is 15.8. The number of hydrogen-bond donors (Lipinski definition) is 1. The lowest BCUT2D eigenvalue weighted by Gasteiger charge is -2.07. The molecule has 0 saturated carbocycles. The fraction of sp³-hybridized carbons (Fsp3) is 0.231. The Balaban J connectivity index is 2.42. The van der Waals surface area contributed by atoms with Crippen LogP contribution >= 0.6 is 11.6 Å². The molecule has 0 aliphatic rings. The highest BCUT2D eigenvalue weighted by Crippen LogP contribution is 2.23. The van der Waals surface area contributed by atoms with Gasteiger partial charge in [-0.05, 0) is 31.2 Å². The predicted molar refractivity (Wildman–Crippen MR) is 77.2 cm³/mol. The smallest absolute Gasteiger partial charge is 0.337 e. The molecule has 1 heterocycles. The van der Waals surface area contributed by atoms with Crippen molar-refractivity contribution in [3.8, 4) is 0 Å². The van der Waals surface area contributed by atoms with Crippen molar-refractivity contribution in [2.24, 2.45) is 7.05 Å². The van der Waals surface area contributed by atoms with Crippen LogP contribution in [0.3, 0.4) is 0 Å². The number of halogens is 1. The average molecular weight is 329 g/mol. The summed E-state index contributed by atoms with van der Waals surface area (Å²) in [5.41, 5.74) is 1.00. The molecule has 0 bridgehead atoms. The van der Waals surface area contributed by atoms with E-state index in [2.05, 4.69) is 5.10 Å². The third-order valence-corrected chi connectivity index (χ3v) is 4.94. The highest BCUT2D eigenvalue weighted by molar-refractivity contribution is 7.90. The summed E-state index contributed by atoms with van der Waals surface area (Å²) in [7, 11) is -2.02. The van der Waals surface area contributed by atoms with Crippen molar-refractivity contribution in [2.75, 3.05) is 0 Å². The maximum atomic E-state index is 12.4. The van der Waals surface area contributed by atoms with Gasteiger partial charge in [0.15, 0.2) is 9.84 Å². The maximum Gasteiger partial charge on any atom is 0.337 e. The third-order valence-electron chi connectivity index (χ3n) is 2.96. The third kappa shape index (κ3) is 3.25. The summed E-state index contributed by atoms with van der Waals surface area (Å²) in [6.07, 6.45) is 0. The van der Waals surface area contributed by atoms with E-state index in [1.165, 1.54) is 16.8 Å². The topological polar surface area (TPSA) is 89.3 Å². The van der Waals surface area contributed by atoms with Gasteiger partial charge in [0.2, 0.25) is 0 Å². The summed E-state index contributed by atoms with van der Waals surface area (Å²) in [6.45, 7) is 1.76. The van der Waals surface area contributed by atoms with Gasteiger partial charge in [-0.2, -0.15) is 5.10 Å². The van der Waals surface area contributed by atoms with Crippen LogP contribution in [-0.4, -0.2) is 29.3 Å². The number of rotatable bonds is 4. The molecule has 1 aromatic carbocycles. The second kappa shape index (κ2) is 5.50. The van der Waals surface area contributed by atoms with Crippen LogP contribution in [0.15, 0.2) is 29.2 Å². The minimum absolute atomic E-state index is 0.00201. The number of hydrogen-bond acceptors (Lipinski definition) is 4. The lowest BCUT2D eigenvalue weighted by molar-refractivity contribution is 0.0697. The summed E-state index contributed by atoms with van der Waals surface area (Å²) in [5, 5.41) is 13.1. The molecule has 8 heteroatoms. The molecule has 0 amide bonds. The van der Waals surface area contributed by atoms with Crippen molar-refractivity contribution in [2.45, 2.75) is 17.6 Å². The zero-order valence-electron chi connectivity index (χ0n) is 11.4. The number of benzene rings is 1. The van der Waals surface area contributed by atoms with Crippen molar-refractivity contribution in [1.82, 2.24) is 9.78 Å². The highest BCUT2D eigenvalue weighted by Gasteiger charge is 2.20. The average Bonchev–Trinajstić information content (AvgIpc) is 2.66. The lowest BCUT2D eigenvalue weighted by Crippen LogP contribution is -2.10. The van der Waals surface area contributed by atoms with Gasteiger partial charge in [-0.1, -0.05) is 11.6 Å². The molecule has 0 unspecified atom stereocenters. The van der Waals surface area contributed by atoms with Crippen LogP contribution in [0.2, 0.25) is 5.02 Å². The lowest BCUT2D eigenvalue weighted by atomic mass is 10.2. The van der Waals surface area contributed by atoms with E-state index in [0.717, 1.165) is 6.07 Å². The summed E-state index contributed by atoms with van der Waals surface area (Å²) < 4.78 is 26.2. The first-order valence-corrected chi connectivity index (χ1v) is 7.99. The molecule has 0 aliphatic carbocycles.